The van der Waals surface area contributed by atoms with Crippen molar-refractivity contribution in [3.05, 3.63) is 35.9 Å². The van der Waals surface area contributed by atoms with Crippen molar-refractivity contribution in [2.45, 2.75) is 136 Å². The van der Waals surface area contributed by atoms with Gasteiger partial charge in [-0.3, -0.25) is 0 Å². The molecule has 0 radical (unpaired) electrons. The maximum absolute atomic E-state index is 13.0. The van der Waals surface area contributed by atoms with Crippen molar-refractivity contribution in [3.8, 4) is 0 Å². The Morgan fingerprint density at radius 3 is 1.85 bits per heavy atom. The minimum Gasteiger partial charge on any atom is -0.458 e. The van der Waals surface area contributed by atoms with Gasteiger partial charge in [-0.2, -0.15) is 11.8 Å². The number of thioether (sulfide) groups is 1. The summed E-state index contributed by atoms with van der Waals surface area (Å²) in [5.41, 5.74) is 0.0353. The van der Waals surface area contributed by atoms with Crippen molar-refractivity contribution in [3.63, 3.8) is 0 Å². The van der Waals surface area contributed by atoms with E-state index in [1.807, 2.05) is 30.3 Å². The molecule has 1 aromatic rings. The molecule has 274 valence electrons. The van der Waals surface area contributed by atoms with Gasteiger partial charge in [0.05, 0.1) is 0 Å². The maximum Gasteiger partial charge on any atom is 0.408 e. The predicted octanol–water partition coefficient (Wildman–Crippen LogP) is 7.90. The average molecular weight is 696 g/mol. The van der Waals surface area contributed by atoms with Gasteiger partial charge in [0.1, 0.15) is 31.0 Å². The van der Waals surface area contributed by atoms with Gasteiger partial charge in [-0.25, -0.2) is 19.2 Å². The van der Waals surface area contributed by atoms with Crippen molar-refractivity contribution in [1.29, 1.82) is 0 Å². The third-order valence-corrected chi connectivity index (χ3v) is 8.23. The third-order valence-electron chi connectivity index (χ3n) is 7.06. The Balaban J connectivity index is 2.72. The van der Waals surface area contributed by atoms with Gasteiger partial charge in [-0.1, -0.05) is 108 Å². The quantitative estimate of drug-likeness (QED) is 0.0529. The summed E-state index contributed by atoms with van der Waals surface area (Å²) in [7, 11) is 0. The summed E-state index contributed by atoms with van der Waals surface area (Å²) in [6, 6.07) is 8.18. The molecule has 1 aromatic carbocycles. The second-order valence-corrected chi connectivity index (χ2v) is 13.9. The molecule has 0 bridgehead atoms. The van der Waals surface area contributed by atoms with Gasteiger partial charge < -0.3 is 34.9 Å². The molecule has 0 aliphatic heterocycles. The van der Waals surface area contributed by atoms with Gasteiger partial charge in [0.25, 0.3) is 0 Å². The SMILES string of the molecule is CCCCCCCCNC(=O)OC[C@@H](CSCC(NC(=O)OCc1ccccc1)C(=O)OC(C)(C)C)OC(=O)NCCCCCCCC. The lowest BCUT2D eigenvalue weighted by molar-refractivity contribution is -0.156. The minimum atomic E-state index is -1.03. The Bertz CT molecular complexity index is 1020. The van der Waals surface area contributed by atoms with Gasteiger partial charge in [-0.05, 0) is 39.2 Å². The van der Waals surface area contributed by atoms with Crippen LogP contribution in [0.4, 0.5) is 14.4 Å². The van der Waals surface area contributed by atoms with Crippen LogP contribution in [0, 0.1) is 0 Å². The van der Waals surface area contributed by atoms with Crippen molar-refractivity contribution in [2.75, 3.05) is 31.2 Å². The lowest BCUT2D eigenvalue weighted by Gasteiger charge is -2.25. The van der Waals surface area contributed by atoms with Crippen LogP contribution in [0.25, 0.3) is 0 Å². The molecule has 12 heteroatoms. The number of hydrogen-bond donors (Lipinski definition) is 3. The van der Waals surface area contributed by atoms with Crippen LogP contribution in [0.2, 0.25) is 0 Å². The maximum atomic E-state index is 13.0. The first kappa shape index (κ1) is 42.9. The van der Waals surface area contributed by atoms with E-state index in [1.165, 1.54) is 50.3 Å². The molecule has 3 amide bonds. The first-order chi connectivity index (χ1) is 23.0. The number of carbonyl (C=O) groups excluding carboxylic acids is 4. The van der Waals surface area contributed by atoms with Crippen LogP contribution in [-0.2, 0) is 30.3 Å². The molecule has 48 heavy (non-hydrogen) atoms. The second kappa shape index (κ2) is 26.8. The first-order valence-corrected chi connectivity index (χ1v) is 18.8. The van der Waals surface area contributed by atoms with Crippen LogP contribution < -0.4 is 16.0 Å². The summed E-state index contributed by atoms with van der Waals surface area (Å²) in [5.74, 6) is -0.306. The summed E-state index contributed by atoms with van der Waals surface area (Å²) >= 11 is 1.26. The highest BCUT2D eigenvalue weighted by Crippen LogP contribution is 2.15. The van der Waals surface area contributed by atoms with Crippen LogP contribution >= 0.6 is 11.8 Å². The highest BCUT2D eigenvalue weighted by Gasteiger charge is 2.28. The predicted molar refractivity (Wildman–Crippen MR) is 191 cm³/mol. The number of hydrogen-bond acceptors (Lipinski definition) is 9. The Morgan fingerprint density at radius 1 is 0.708 bits per heavy atom. The number of amides is 3. The van der Waals surface area contributed by atoms with E-state index in [4.69, 9.17) is 18.9 Å². The molecule has 2 atom stereocenters. The number of ether oxygens (including phenoxy) is 4. The molecular formula is C36H61N3O8S. The van der Waals surface area contributed by atoms with E-state index in [-0.39, 0.29) is 24.7 Å². The highest BCUT2D eigenvalue weighted by molar-refractivity contribution is 7.99. The van der Waals surface area contributed by atoms with Gasteiger partial charge in [0.15, 0.2) is 0 Å². The highest BCUT2D eigenvalue weighted by atomic mass is 32.2. The summed E-state index contributed by atoms with van der Waals surface area (Å²) in [6.07, 6.45) is 10.5. The fourth-order valence-corrected chi connectivity index (χ4v) is 5.50. The molecule has 0 aliphatic rings. The molecule has 0 heterocycles. The number of benzene rings is 1. The molecule has 1 unspecified atom stereocenters. The molecule has 11 nitrogen and oxygen atoms in total. The first-order valence-electron chi connectivity index (χ1n) is 17.7. The number of nitrogens with one attached hydrogen (secondary N) is 3. The monoisotopic (exact) mass is 695 g/mol. The largest absolute Gasteiger partial charge is 0.458 e. The van der Waals surface area contributed by atoms with E-state index in [2.05, 4.69) is 29.8 Å². The zero-order valence-corrected chi connectivity index (χ0v) is 30.8. The standard InChI is InChI=1S/C36H61N3O8S/c1-6-8-10-12-14-19-23-37-33(41)45-26-30(46-34(42)38-24-20-15-13-11-9-7-2)27-48-28-31(32(40)47-36(3,4)5)39-35(43)44-25-29-21-17-16-18-22-29/h16-18,21-22,30-31H,6-15,19-20,23-28H2,1-5H3,(H,37,41)(H,38,42)(H,39,43)/t30-,31?/m0/s1. The lowest BCUT2D eigenvalue weighted by Crippen LogP contribution is -2.46. The van der Waals surface area contributed by atoms with Gasteiger partial charge >= 0.3 is 24.2 Å². The van der Waals surface area contributed by atoms with E-state index in [0.29, 0.717) is 13.1 Å². The van der Waals surface area contributed by atoms with Crippen molar-refractivity contribution in [2.24, 2.45) is 0 Å². The summed E-state index contributed by atoms with van der Waals surface area (Å²) in [5, 5.41) is 8.13. The number of carbonyl (C=O) groups is 4. The molecule has 0 fully saturated rings. The van der Waals surface area contributed by atoms with Gasteiger partial charge in [-0.15, -0.1) is 0 Å². The van der Waals surface area contributed by atoms with Gasteiger partial charge in [0, 0.05) is 24.6 Å². The van der Waals surface area contributed by atoms with Crippen LogP contribution in [0.15, 0.2) is 30.3 Å². The zero-order chi connectivity index (χ0) is 35.5. The van der Waals surface area contributed by atoms with Crippen molar-refractivity contribution < 1.29 is 38.1 Å². The van der Waals surface area contributed by atoms with Crippen LogP contribution in [0.1, 0.15) is 117 Å². The minimum absolute atomic E-state index is 0.0445. The zero-order valence-electron chi connectivity index (χ0n) is 29.9. The molecule has 0 saturated heterocycles. The van der Waals surface area contributed by atoms with E-state index >= 15 is 0 Å². The van der Waals surface area contributed by atoms with Gasteiger partial charge in [0.2, 0.25) is 0 Å². The van der Waals surface area contributed by atoms with Crippen LogP contribution in [0.5, 0.6) is 0 Å². The fourth-order valence-electron chi connectivity index (χ4n) is 4.49. The summed E-state index contributed by atoms with van der Waals surface area (Å²) in [4.78, 5) is 50.5. The Hall–Kier alpha value is -3.15. The summed E-state index contributed by atoms with van der Waals surface area (Å²) < 4.78 is 21.8. The topological polar surface area (TPSA) is 141 Å². The number of unbranched alkanes of at least 4 members (excludes halogenated alkanes) is 10. The average Bonchev–Trinajstić information content (AvgIpc) is 3.04. The van der Waals surface area contributed by atoms with E-state index in [1.54, 1.807) is 20.8 Å². The van der Waals surface area contributed by atoms with E-state index < -0.39 is 42.0 Å². The molecule has 1 rings (SSSR count). The second-order valence-electron chi connectivity index (χ2n) is 12.8. The molecule has 0 aromatic heterocycles. The van der Waals surface area contributed by atoms with Crippen LogP contribution in [-0.4, -0.2) is 73.2 Å². The number of rotatable bonds is 25. The fraction of sp³-hybridized carbons (Fsp3) is 0.722. The van der Waals surface area contributed by atoms with Crippen LogP contribution in [0.3, 0.4) is 0 Å². The smallest absolute Gasteiger partial charge is 0.408 e. The normalized spacial score (nSPS) is 12.4. The van der Waals surface area contributed by atoms with Crippen molar-refractivity contribution >= 4 is 36.0 Å². The molecule has 0 spiro atoms. The third kappa shape index (κ3) is 24.1. The number of alkyl carbamates (subject to hydrolysis) is 3. The number of esters is 1. The summed E-state index contributed by atoms with van der Waals surface area (Å²) in [6.45, 7) is 10.4. The van der Waals surface area contributed by atoms with Crippen molar-refractivity contribution in [1.82, 2.24) is 16.0 Å². The molecule has 3 N–H and O–H groups in total. The molecule has 0 saturated carbocycles. The Kier molecular flexibility index (Phi) is 23.9. The van der Waals surface area contributed by atoms with E-state index in [9.17, 15) is 19.2 Å². The lowest BCUT2D eigenvalue weighted by atomic mass is 10.1. The molecular weight excluding hydrogens is 634 g/mol. The molecule has 0 aliphatic carbocycles. The Labute approximate surface area is 292 Å². The van der Waals surface area contributed by atoms with E-state index in [0.717, 1.165) is 44.1 Å². The Morgan fingerprint density at radius 2 is 1.27 bits per heavy atom.